The van der Waals surface area contributed by atoms with Crippen LogP contribution in [0.2, 0.25) is 0 Å². The van der Waals surface area contributed by atoms with Gasteiger partial charge in [0.15, 0.2) is 5.16 Å². The minimum Gasteiger partial charge on any atom is -0.298 e. The molecule has 0 N–H and O–H groups in total. The van der Waals surface area contributed by atoms with Crippen LogP contribution in [0.5, 0.6) is 0 Å². The lowest BCUT2D eigenvalue weighted by Gasteiger charge is -2.13. The van der Waals surface area contributed by atoms with Crippen LogP contribution in [-0.4, -0.2) is 31.8 Å². The van der Waals surface area contributed by atoms with Crippen LogP contribution in [-0.2, 0) is 24.2 Å². The van der Waals surface area contributed by atoms with Crippen molar-refractivity contribution >= 4 is 50.9 Å². The summed E-state index contributed by atoms with van der Waals surface area (Å²) in [7, 11) is 0. The van der Waals surface area contributed by atoms with Crippen molar-refractivity contribution in [1.29, 1.82) is 0 Å². The first-order valence-corrected chi connectivity index (χ1v) is 13.2. The molecule has 8 heteroatoms. The monoisotopic (exact) mass is 479 g/mol. The minimum absolute atomic E-state index is 0.00200. The van der Waals surface area contributed by atoms with Gasteiger partial charge in [0.25, 0.3) is 5.56 Å². The van der Waals surface area contributed by atoms with E-state index < -0.39 is 0 Å². The molecule has 0 bridgehead atoms. The maximum Gasteiger partial charge on any atom is 0.268 e. The van der Waals surface area contributed by atoms with E-state index in [9.17, 15) is 9.59 Å². The highest BCUT2D eigenvalue weighted by Crippen LogP contribution is 2.29. The zero-order valence-corrected chi connectivity index (χ0v) is 20.0. The molecule has 0 unspecified atom stereocenters. The lowest BCUT2D eigenvalue weighted by molar-refractivity contribution is -0.116. The van der Waals surface area contributed by atoms with E-state index >= 15 is 0 Å². The molecule has 5 rings (SSSR count). The quantitative estimate of drug-likeness (QED) is 0.281. The molecule has 162 valence electrons. The molecule has 1 aliphatic rings. The maximum atomic E-state index is 13.1. The van der Waals surface area contributed by atoms with Crippen LogP contribution in [0, 0.1) is 6.92 Å². The van der Waals surface area contributed by atoms with Crippen LogP contribution in [0.1, 0.15) is 21.8 Å². The van der Waals surface area contributed by atoms with Crippen LogP contribution in [0.15, 0.2) is 63.4 Å². The molecule has 0 aliphatic carbocycles. The number of carbonyl (C=O) groups is 1. The van der Waals surface area contributed by atoms with E-state index in [-0.39, 0.29) is 17.1 Å². The Labute approximate surface area is 198 Å². The molecule has 5 nitrogen and oxygen atoms in total. The van der Waals surface area contributed by atoms with Crippen molar-refractivity contribution in [3.05, 3.63) is 80.7 Å². The number of carbonyl (C=O) groups excluding carboxylic acids is 1. The molecule has 3 heterocycles. The maximum absolute atomic E-state index is 13.1. The lowest BCUT2D eigenvalue weighted by atomic mass is 10.2. The largest absolute Gasteiger partial charge is 0.298 e. The van der Waals surface area contributed by atoms with Crippen molar-refractivity contribution in [2.24, 2.45) is 0 Å². The SMILES string of the molecule is Cc1ccc2nc(CC(=O)CSc3nc4c(c(=O)n3Cc3ccccc3)SCC4)sc2c1. The Morgan fingerprint density at radius 1 is 1.16 bits per heavy atom. The summed E-state index contributed by atoms with van der Waals surface area (Å²) < 4.78 is 2.82. The second kappa shape index (κ2) is 9.21. The molecular weight excluding hydrogens is 458 g/mol. The Morgan fingerprint density at radius 3 is 2.84 bits per heavy atom. The lowest BCUT2D eigenvalue weighted by Crippen LogP contribution is -2.26. The molecule has 1 aliphatic heterocycles. The molecule has 0 fully saturated rings. The number of fused-ring (bicyclic) bond motifs is 2. The van der Waals surface area contributed by atoms with Gasteiger partial charge < -0.3 is 0 Å². The first-order valence-electron chi connectivity index (χ1n) is 10.4. The van der Waals surface area contributed by atoms with Gasteiger partial charge in [0.2, 0.25) is 0 Å². The predicted octanol–water partition coefficient (Wildman–Crippen LogP) is 4.76. The third-order valence-corrected chi connectivity index (χ3v) is 8.39. The van der Waals surface area contributed by atoms with Crippen molar-refractivity contribution < 1.29 is 4.79 Å². The van der Waals surface area contributed by atoms with Gasteiger partial charge in [-0.15, -0.1) is 23.1 Å². The van der Waals surface area contributed by atoms with Gasteiger partial charge in [-0.05, 0) is 30.2 Å². The fourth-order valence-electron chi connectivity index (χ4n) is 3.66. The van der Waals surface area contributed by atoms with Gasteiger partial charge in [0.1, 0.15) is 10.8 Å². The molecule has 32 heavy (non-hydrogen) atoms. The van der Waals surface area contributed by atoms with Gasteiger partial charge in [0.05, 0.1) is 39.5 Å². The van der Waals surface area contributed by atoms with Gasteiger partial charge in [-0.3, -0.25) is 14.2 Å². The third kappa shape index (κ3) is 4.53. The topological polar surface area (TPSA) is 64.8 Å². The summed E-state index contributed by atoms with van der Waals surface area (Å²) in [4.78, 5) is 36.0. The molecule has 0 radical (unpaired) electrons. The van der Waals surface area contributed by atoms with Crippen molar-refractivity contribution in [2.45, 2.75) is 36.4 Å². The summed E-state index contributed by atoms with van der Waals surface area (Å²) in [6.45, 7) is 2.51. The smallest absolute Gasteiger partial charge is 0.268 e. The third-order valence-electron chi connectivity index (χ3n) is 5.23. The Balaban J connectivity index is 1.35. The number of thiazole rings is 1. The minimum atomic E-state index is -0.00200. The molecule has 0 atom stereocenters. The Morgan fingerprint density at radius 2 is 2.00 bits per heavy atom. The van der Waals surface area contributed by atoms with E-state index in [4.69, 9.17) is 4.98 Å². The van der Waals surface area contributed by atoms with E-state index in [1.807, 2.05) is 42.5 Å². The molecule has 0 amide bonds. The number of nitrogens with zero attached hydrogens (tertiary/aromatic N) is 3. The fraction of sp³-hybridized carbons (Fsp3) is 0.250. The van der Waals surface area contributed by atoms with Crippen LogP contribution in [0.3, 0.4) is 0 Å². The first kappa shape index (κ1) is 21.4. The Bertz CT molecular complexity index is 1360. The highest BCUT2D eigenvalue weighted by molar-refractivity contribution is 8.00. The second-order valence-corrected chi connectivity index (χ2v) is 10.9. The molecule has 0 saturated carbocycles. The molecule has 2 aromatic heterocycles. The van der Waals surface area contributed by atoms with Gasteiger partial charge in [-0.25, -0.2) is 9.97 Å². The van der Waals surface area contributed by atoms with E-state index in [2.05, 4.69) is 18.0 Å². The summed E-state index contributed by atoms with van der Waals surface area (Å²) >= 11 is 4.50. The predicted molar refractivity (Wildman–Crippen MR) is 132 cm³/mol. The van der Waals surface area contributed by atoms with Crippen LogP contribution in [0.25, 0.3) is 10.2 Å². The number of Topliss-reactive ketones (excluding diaryl/α,β-unsaturated/α-hetero) is 1. The average molecular weight is 480 g/mol. The van der Waals surface area contributed by atoms with Crippen molar-refractivity contribution in [3.8, 4) is 0 Å². The number of hydrogen-bond acceptors (Lipinski definition) is 7. The van der Waals surface area contributed by atoms with E-state index in [1.165, 1.54) is 17.3 Å². The number of hydrogen-bond donors (Lipinski definition) is 0. The second-order valence-electron chi connectivity index (χ2n) is 7.73. The highest BCUT2D eigenvalue weighted by Gasteiger charge is 2.22. The van der Waals surface area contributed by atoms with Crippen LogP contribution >= 0.6 is 34.9 Å². The number of rotatable bonds is 7. The zero-order valence-electron chi connectivity index (χ0n) is 17.5. The number of benzene rings is 2. The molecule has 2 aromatic carbocycles. The Hall–Kier alpha value is -2.42. The molecule has 0 saturated heterocycles. The van der Waals surface area contributed by atoms with E-state index in [0.717, 1.165) is 43.6 Å². The van der Waals surface area contributed by atoms with Crippen molar-refractivity contribution in [2.75, 3.05) is 11.5 Å². The molecular formula is C24H21N3O2S3. The number of thioether (sulfide) groups is 2. The zero-order chi connectivity index (χ0) is 22.1. The number of aryl methyl sites for hydroxylation is 2. The van der Waals surface area contributed by atoms with Crippen LogP contribution in [0.4, 0.5) is 0 Å². The van der Waals surface area contributed by atoms with Gasteiger partial charge in [-0.2, -0.15) is 0 Å². The summed E-state index contributed by atoms with van der Waals surface area (Å²) in [6.07, 6.45) is 1.10. The van der Waals surface area contributed by atoms with E-state index in [0.29, 0.717) is 18.1 Å². The molecule has 0 spiro atoms. The number of ketones is 1. The summed E-state index contributed by atoms with van der Waals surface area (Å²) in [5, 5.41) is 1.45. The van der Waals surface area contributed by atoms with Gasteiger partial charge in [0, 0.05) is 12.2 Å². The van der Waals surface area contributed by atoms with Crippen molar-refractivity contribution in [3.63, 3.8) is 0 Å². The van der Waals surface area contributed by atoms with Crippen LogP contribution < -0.4 is 5.56 Å². The summed E-state index contributed by atoms with van der Waals surface area (Å²) in [5.41, 5.74) is 4.02. The first-order chi connectivity index (χ1) is 15.6. The highest BCUT2D eigenvalue weighted by atomic mass is 32.2. The van der Waals surface area contributed by atoms with Gasteiger partial charge in [-0.1, -0.05) is 48.2 Å². The normalized spacial score (nSPS) is 12.9. The standard InChI is InChI=1S/C24H21N3O2S3/c1-15-7-8-18-20(11-15)32-21(25-18)12-17(28)14-31-24-26-19-9-10-30-22(19)23(29)27(24)13-16-5-3-2-4-6-16/h2-8,11H,9-10,12-14H2,1H3. The van der Waals surface area contributed by atoms with E-state index in [1.54, 1.807) is 27.7 Å². The number of aromatic nitrogens is 3. The average Bonchev–Trinajstić information content (AvgIpc) is 3.41. The summed E-state index contributed by atoms with van der Waals surface area (Å²) in [6, 6.07) is 16.0. The van der Waals surface area contributed by atoms with Gasteiger partial charge >= 0.3 is 0 Å². The fourth-order valence-corrected chi connectivity index (χ4v) is 6.67. The Kier molecular flexibility index (Phi) is 6.17. The summed E-state index contributed by atoms with van der Waals surface area (Å²) in [5.74, 6) is 1.23. The molecule has 4 aromatic rings. The van der Waals surface area contributed by atoms with Crippen molar-refractivity contribution in [1.82, 2.24) is 14.5 Å².